The second kappa shape index (κ2) is 8.09. The van der Waals surface area contributed by atoms with Crippen LogP contribution in [0.2, 0.25) is 0 Å². The number of aliphatic carboxylic acids is 1. The summed E-state index contributed by atoms with van der Waals surface area (Å²) in [6.45, 7) is 3.53. The number of carboxylic acid groups (broad SMARTS) is 1. The zero-order valence-corrected chi connectivity index (χ0v) is 9.49. The zero-order chi connectivity index (χ0) is 11.7. The molecular weight excluding hydrogens is 192 g/mol. The summed E-state index contributed by atoms with van der Waals surface area (Å²) in [6, 6.07) is 0. The number of unbranched alkanes of at least 4 members (excludes halogenated alkanes) is 4. The number of rotatable bonds is 7. The second-order valence-electron chi connectivity index (χ2n) is 3.56. The van der Waals surface area contributed by atoms with E-state index in [2.05, 4.69) is 6.92 Å². The van der Waals surface area contributed by atoms with E-state index in [1.807, 2.05) is 0 Å². The van der Waals surface area contributed by atoms with Crippen molar-refractivity contribution >= 4 is 5.97 Å². The molecule has 0 aliphatic rings. The molecule has 3 nitrogen and oxygen atoms in total. The van der Waals surface area contributed by atoms with Gasteiger partial charge < -0.3 is 10.2 Å². The number of hydrogen-bond donors (Lipinski definition) is 2. The predicted molar refractivity (Wildman–Crippen MR) is 60.9 cm³/mol. The van der Waals surface area contributed by atoms with Crippen LogP contribution in [0.15, 0.2) is 23.5 Å². The molecule has 0 fully saturated rings. The lowest BCUT2D eigenvalue weighted by Crippen LogP contribution is -2.00. The maximum absolute atomic E-state index is 10.6. The van der Waals surface area contributed by atoms with E-state index in [0.717, 1.165) is 12.8 Å². The Balaban J connectivity index is 3.94. The smallest absolute Gasteiger partial charge is 0.339 e. The predicted octanol–water partition coefficient (Wildman–Crippen LogP) is 3.43. The topological polar surface area (TPSA) is 57.5 Å². The van der Waals surface area contributed by atoms with E-state index in [1.54, 1.807) is 6.08 Å². The van der Waals surface area contributed by atoms with Gasteiger partial charge in [-0.2, -0.15) is 0 Å². The first-order valence-corrected chi connectivity index (χ1v) is 5.39. The molecule has 0 aromatic heterocycles. The lowest BCUT2D eigenvalue weighted by molar-refractivity contribution is -0.132. The minimum Gasteiger partial charge on any atom is -0.512 e. The SMILES string of the molecule is CCCCCCC=CC(C(=O)O)=C(C)O. The number of allylic oxidation sites excluding steroid dienone is 2. The fourth-order valence-electron chi connectivity index (χ4n) is 1.24. The van der Waals surface area contributed by atoms with Crippen molar-refractivity contribution in [3.8, 4) is 0 Å². The molecule has 0 heterocycles. The summed E-state index contributed by atoms with van der Waals surface area (Å²) in [5.41, 5.74) is -0.0227. The van der Waals surface area contributed by atoms with Crippen LogP contribution in [0.1, 0.15) is 46.0 Å². The molecule has 3 heteroatoms. The van der Waals surface area contributed by atoms with Crippen molar-refractivity contribution in [2.45, 2.75) is 46.0 Å². The van der Waals surface area contributed by atoms with E-state index in [9.17, 15) is 4.79 Å². The fraction of sp³-hybridized carbons (Fsp3) is 0.583. The van der Waals surface area contributed by atoms with E-state index >= 15 is 0 Å². The Kier molecular flexibility index (Phi) is 7.42. The minimum absolute atomic E-state index is 0.0227. The monoisotopic (exact) mass is 212 g/mol. The Bertz CT molecular complexity index is 248. The number of aliphatic hydroxyl groups is 1. The number of aliphatic hydroxyl groups excluding tert-OH is 1. The van der Waals surface area contributed by atoms with Gasteiger partial charge in [-0.1, -0.05) is 32.3 Å². The molecule has 0 radical (unpaired) electrons. The molecule has 86 valence electrons. The Morgan fingerprint density at radius 2 is 1.87 bits per heavy atom. The van der Waals surface area contributed by atoms with Gasteiger partial charge in [0.05, 0.1) is 5.57 Å². The lowest BCUT2D eigenvalue weighted by Gasteiger charge is -1.97. The molecule has 0 bridgehead atoms. The molecule has 0 rings (SSSR count). The molecule has 2 N–H and O–H groups in total. The van der Waals surface area contributed by atoms with Crippen molar-refractivity contribution in [2.75, 3.05) is 0 Å². The van der Waals surface area contributed by atoms with Gasteiger partial charge in [0.15, 0.2) is 0 Å². The van der Waals surface area contributed by atoms with Gasteiger partial charge in [-0.3, -0.25) is 0 Å². The summed E-state index contributed by atoms with van der Waals surface area (Å²) >= 11 is 0. The highest BCUT2D eigenvalue weighted by atomic mass is 16.4. The van der Waals surface area contributed by atoms with Crippen LogP contribution in [0.5, 0.6) is 0 Å². The van der Waals surface area contributed by atoms with Crippen molar-refractivity contribution in [1.82, 2.24) is 0 Å². The molecular formula is C12H20O3. The lowest BCUT2D eigenvalue weighted by atomic mass is 10.1. The van der Waals surface area contributed by atoms with Crippen LogP contribution in [-0.2, 0) is 4.79 Å². The molecule has 15 heavy (non-hydrogen) atoms. The van der Waals surface area contributed by atoms with Gasteiger partial charge in [-0.25, -0.2) is 4.79 Å². The first kappa shape index (κ1) is 13.8. The summed E-state index contributed by atoms with van der Waals surface area (Å²) in [4.78, 5) is 10.6. The van der Waals surface area contributed by atoms with Gasteiger partial charge in [0, 0.05) is 0 Å². The average molecular weight is 212 g/mol. The first-order valence-electron chi connectivity index (χ1n) is 5.39. The molecule has 0 saturated carbocycles. The van der Waals surface area contributed by atoms with Gasteiger partial charge in [0.25, 0.3) is 0 Å². The van der Waals surface area contributed by atoms with E-state index in [0.29, 0.717) is 0 Å². The highest BCUT2D eigenvalue weighted by molar-refractivity contribution is 5.90. The summed E-state index contributed by atoms with van der Waals surface area (Å²) < 4.78 is 0. The maximum Gasteiger partial charge on any atom is 0.339 e. The molecule has 0 aromatic rings. The summed E-state index contributed by atoms with van der Waals surface area (Å²) in [5.74, 6) is -1.23. The van der Waals surface area contributed by atoms with Crippen LogP contribution >= 0.6 is 0 Å². The molecule has 0 amide bonds. The second-order valence-corrected chi connectivity index (χ2v) is 3.56. The Morgan fingerprint density at radius 3 is 2.33 bits per heavy atom. The van der Waals surface area contributed by atoms with Gasteiger partial charge >= 0.3 is 5.97 Å². The number of carboxylic acids is 1. The minimum atomic E-state index is -1.08. The normalized spacial score (nSPS) is 12.9. The van der Waals surface area contributed by atoms with Gasteiger partial charge in [0.1, 0.15) is 5.76 Å². The Hall–Kier alpha value is -1.25. The number of hydrogen-bond acceptors (Lipinski definition) is 2. The highest BCUT2D eigenvalue weighted by Crippen LogP contribution is 2.07. The molecule has 0 atom stereocenters. The third kappa shape index (κ3) is 6.77. The molecule has 0 saturated heterocycles. The van der Waals surface area contributed by atoms with Crippen LogP contribution in [-0.4, -0.2) is 16.2 Å². The Morgan fingerprint density at radius 1 is 1.20 bits per heavy atom. The van der Waals surface area contributed by atoms with Crippen LogP contribution in [0.25, 0.3) is 0 Å². The third-order valence-electron chi connectivity index (χ3n) is 2.13. The first-order chi connectivity index (χ1) is 7.09. The molecule has 0 aliphatic heterocycles. The van der Waals surface area contributed by atoms with Crippen LogP contribution in [0.3, 0.4) is 0 Å². The van der Waals surface area contributed by atoms with E-state index in [4.69, 9.17) is 10.2 Å². The van der Waals surface area contributed by atoms with Crippen molar-refractivity contribution < 1.29 is 15.0 Å². The van der Waals surface area contributed by atoms with Crippen LogP contribution in [0, 0.1) is 0 Å². The van der Waals surface area contributed by atoms with Crippen molar-refractivity contribution in [2.24, 2.45) is 0 Å². The van der Waals surface area contributed by atoms with E-state index in [-0.39, 0.29) is 11.3 Å². The summed E-state index contributed by atoms with van der Waals surface area (Å²) in [7, 11) is 0. The fourth-order valence-corrected chi connectivity index (χ4v) is 1.24. The third-order valence-corrected chi connectivity index (χ3v) is 2.13. The van der Waals surface area contributed by atoms with Crippen molar-refractivity contribution in [3.63, 3.8) is 0 Å². The van der Waals surface area contributed by atoms with Gasteiger partial charge in [0.2, 0.25) is 0 Å². The van der Waals surface area contributed by atoms with Gasteiger partial charge in [-0.05, 0) is 25.8 Å². The average Bonchev–Trinajstić information content (AvgIpc) is 2.15. The van der Waals surface area contributed by atoms with Crippen LogP contribution in [0.4, 0.5) is 0 Å². The largest absolute Gasteiger partial charge is 0.512 e. The van der Waals surface area contributed by atoms with Gasteiger partial charge in [-0.15, -0.1) is 0 Å². The quantitative estimate of drug-likeness (QED) is 0.294. The van der Waals surface area contributed by atoms with E-state index < -0.39 is 5.97 Å². The number of carbonyl (C=O) groups is 1. The molecule has 0 aromatic carbocycles. The van der Waals surface area contributed by atoms with Crippen LogP contribution < -0.4 is 0 Å². The molecule has 0 unspecified atom stereocenters. The maximum atomic E-state index is 10.6. The standard InChI is InChI=1S/C12H20O3/c1-3-4-5-6-7-8-9-11(10(2)13)12(14)15/h8-9,13H,3-7H2,1-2H3,(H,14,15). The molecule has 0 spiro atoms. The van der Waals surface area contributed by atoms with E-state index in [1.165, 1.54) is 32.3 Å². The molecule has 0 aliphatic carbocycles. The van der Waals surface area contributed by atoms with Crippen molar-refractivity contribution in [1.29, 1.82) is 0 Å². The summed E-state index contributed by atoms with van der Waals surface area (Å²) in [6.07, 6.45) is 8.80. The highest BCUT2D eigenvalue weighted by Gasteiger charge is 2.06. The zero-order valence-electron chi connectivity index (χ0n) is 9.49. The summed E-state index contributed by atoms with van der Waals surface area (Å²) in [5, 5.41) is 17.8. The Labute approximate surface area is 91.1 Å². The van der Waals surface area contributed by atoms with Crippen molar-refractivity contribution in [3.05, 3.63) is 23.5 Å².